The van der Waals surface area contributed by atoms with Crippen LogP contribution in [0.15, 0.2) is 24.3 Å². The van der Waals surface area contributed by atoms with E-state index in [4.69, 9.17) is 0 Å². The van der Waals surface area contributed by atoms with E-state index in [9.17, 15) is 0 Å². The van der Waals surface area contributed by atoms with Crippen LogP contribution in [0.1, 0.15) is 52.5 Å². The second-order valence-corrected chi connectivity index (χ2v) is 7.32. The fraction of sp³-hybridized carbons (Fsp3) is 0.667. The highest BCUT2D eigenvalue weighted by atomic mass is 15.0. The number of hydrogen-bond donors (Lipinski definition) is 1. The quantitative estimate of drug-likeness (QED) is 0.814. The minimum absolute atomic E-state index is 0.457. The molecule has 1 aromatic carbocycles. The van der Waals surface area contributed by atoms with Crippen LogP contribution in [-0.2, 0) is 6.42 Å². The molecule has 2 saturated carbocycles. The van der Waals surface area contributed by atoms with Crippen molar-refractivity contribution in [1.29, 1.82) is 0 Å². The minimum atomic E-state index is 0.457. The van der Waals surface area contributed by atoms with Crippen molar-refractivity contribution in [2.24, 2.45) is 16.7 Å². The Hall–Kier alpha value is -0.980. The van der Waals surface area contributed by atoms with Gasteiger partial charge < -0.3 is 5.32 Å². The lowest BCUT2D eigenvalue weighted by molar-refractivity contribution is 0.142. The molecule has 1 heteroatoms. The molecule has 0 aliphatic heterocycles. The molecular weight excluding hydrogens is 230 g/mol. The van der Waals surface area contributed by atoms with Crippen LogP contribution in [-0.4, -0.2) is 6.04 Å². The number of nitrogens with one attached hydrogen (secondary N) is 1. The van der Waals surface area contributed by atoms with Gasteiger partial charge in [0.15, 0.2) is 0 Å². The molecule has 2 aliphatic rings. The molecule has 2 fully saturated rings. The summed E-state index contributed by atoms with van der Waals surface area (Å²) >= 11 is 0. The summed E-state index contributed by atoms with van der Waals surface area (Å²) in [6.07, 6.45) is 5.27. The molecule has 2 aliphatic carbocycles. The van der Waals surface area contributed by atoms with Gasteiger partial charge in [0.05, 0.1) is 0 Å². The number of hydrogen-bond acceptors (Lipinski definition) is 1. The molecule has 0 heterocycles. The van der Waals surface area contributed by atoms with Crippen LogP contribution in [0.25, 0.3) is 0 Å². The number of rotatable bonds is 3. The Morgan fingerprint density at radius 2 is 1.95 bits per heavy atom. The maximum Gasteiger partial charge on any atom is 0.0374 e. The molecule has 3 rings (SSSR count). The van der Waals surface area contributed by atoms with Gasteiger partial charge in [-0.25, -0.2) is 0 Å². The van der Waals surface area contributed by atoms with E-state index in [1.54, 1.807) is 0 Å². The summed E-state index contributed by atoms with van der Waals surface area (Å²) in [6, 6.07) is 9.46. The molecule has 0 radical (unpaired) electrons. The molecule has 1 aromatic rings. The highest BCUT2D eigenvalue weighted by Crippen LogP contribution is 2.65. The summed E-state index contributed by atoms with van der Waals surface area (Å²) in [5.41, 5.74) is 3.76. The largest absolute Gasteiger partial charge is 0.382 e. The van der Waals surface area contributed by atoms with E-state index in [2.05, 4.69) is 57.3 Å². The molecule has 2 bridgehead atoms. The van der Waals surface area contributed by atoms with Crippen LogP contribution in [0, 0.1) is 16.7 Å². The summed E-state index contributed by atoms with van der Waals surface area (Å²) in [5.74, 6) is 0.906. The molecular formula is C18H27N. The fourth-order valence-electron chi connectivity index (χ4n) is 4.58. The molecule has 104 valence electrons. The zero-order valence-electron chi connectivity index (χ0n) is 12.8. The zero-order chi connectivity index (χ0) is 13.7. The second-order valence-electron chi connectivity index (χ2n) is 7.32. The molecule has 1 unspecified atom stereocenters. The number of anilines is 1. The Kier molecular flexibility index (Phi) is 2.92. The van der Waals surface area contributed by atoms with Crippen LogP contribution < -0.4 is 5.32 Å². The van der Waals surface area contributed by atoms with Crippen LogP contribution in [0.3, 0.4) is 0 Å². The first-order valence-electron chi connectivity index (χ1n) is 7.83. The normalized spacial score (nSPS) is 35.6. The second kappa shape index (κ2) is 4.26. The van der Waals surface area contributed by atoms with Gasteiger partial charge in [-0.05, 0) is 54.1 Å². The van der Waals surface area contributed by atoms with E-state index in [-0.39, 0.29) is 0 Å². The van der Waals surface area contributed by atoms with Gasteiger partial charge in [-0.1, -0.05) is 45.9 Å². The van der Waals surface area contributed by atoms with Gasteiger partial charge in [-0.3, -0.25) is 0 Å². The lowest BCUT2D eigenvalue weighted by atomic mass is 9.69. The molecule has 0 saturated heterocycles. The van der Waals surface area contributed by atoms with Crippen LogP contribution in [0.2, 0.25) is 0 Å². The van der Waals surface area contributed by atoms with Crippen molar-refractivity contribution in [3.63, 3.8) is 0 Å². The Balaban J connectivity index is 1.86. The van der Waals surface area contributed by atoms with Crippen molar-refractivity contribution in [3.05, 3.63) is 29.8 Å². The van der Waals surface area contributed by atoms with Gasteiger partial charge in [0.25, 0.3) is 0 Å². The minimum Gasteiger partial charge on any atom is -0.382 e. The average Bonchev–Trinajstić information content (AvgIpc) is 2.72. The molecule has 3 atom stereocenters. The molecule has 1 nitrogen and oxygen atoms in total. The highest BCUT2D eigenvalue weighted by Gasteiger charge is 2.61. The van der Waals surface area contributed by atoms with Crippen LogP contribution in [0.4, 0.5) is 5.69 Å². The van der Waals surface area contributed by atoms with Crippen LogP contribution >= 0.6 is 0 Å². The first kappa shape index (κ1) is 13.0. The van der Waals surface area contributed by atoms with E-state index in [0.29, 0.717) is 16.9 Å². The predicted octanol–water partition coefficient (Wildman–Crippen LogP) is 4.88. The van der Waals surface area contributed by atoms with Crippen molar-refractivity contribution in [2.45, 2.75) is 59.4 Å². The Morgan fingerprint density at radius 1 is 1.21 bits per heavy atom. The van der Waals surface area contributed by atoms with E-state index in [1.165, 1.54) is 30.5 Å². The van der Waals surface area contributed by atoms with Crippen molar-refractivity contribution in [2.75, 3.05) is 5.32 Å². The number of benzene rings is 1. The predicted molar refractivity (Wildman–Crippen MR) is 82.5 cm³/mol. The van der Waals surface area contributed by atoms with E-state index in [0.717, 1.165) is 12.3 Å². The third-order valence-electron chi connectivity index (χ3n) is 6.52. The monoisotopic (exact) mass is 257 g/mol. The van der Waals surface area contributed by atoms with Gasteiger partial charge in [0, 0.05) is 11.7 Å². The maximum atomic E-state index is 3.89. The average molecular weight is 257 g/mol. The lowest BCUT2D eigenvalue weighted by Gasteiger charge is -2.40. The van der Waals surface area contributed by atoms with Gasteiger partial charge in [-0.2, -0.15) is 0 Å². The van der Waals surface area contributed by atoms with E-state index < -0.39 is 0 Å². The van der Waals surface area contributed by atoms with Crippen LogP contribution in [0.5, 0.6) is 0 Å². The third kappa shape index (κ3) is 1.74. The zero-order valence-corrected chi connectivity index (χ0v) is 12.8. The highest BCUT2D eigenvalue weighted by molar-refractivity contribution is 5.52. The number of fused-ring (bicyclic) bond motifs is 2. The Labute approximate surface area is 117 Å². The van der Waals surface area contributed by atoms with E-state index >= 15 is 0 Å². The molecule has 19 heavy (non-hydrogen) atoms. The van der Waals surface area contributed by atoms with Crippen molar-refractivity contribution in [1.82, 2.24) is 0 Å². The Bertz CT molecular complexity index is 476. The standard InChI is InChI=1S/C18H27N/c1-5-13-8-6-7-9-15(13)19-16-12-14-10-11-18(16,4)17(14,2)3/h6-9,14,16,19H,5,10-12H2,1-4H3/t14-,16?,18+/m1/s1. The topological polar surface area (TPSA) is 12.0 Å². The van der Waals surface area contributed by atoms with Gasteiger partial charge >= 0.3 is 0 Å². The summed E-state index contributed by atoms with van der Waals surface area (Å²) in [5, 5.41) is 3.89. The SMILES string of the molecule is CCc1ccccc1NC1C[C@H]2CC[C@]1(C)C2(C)C. The van der Waals surface area contributed by atoms with Crippen molar-refractivity contribution < 1.29 is 0 Å². The molecule has 0 aromatic heterocycles. The number of aryl methyl sites for hydroxylation is 1. The molecule has 0 amide bonds. The van der Waals surface area contributed by atoms with Crippen molar-refractivity contribution >= 4 is 5.69 Å². The summed E-state index contributed by atoms with van der Waals surface area (Å²) in [7, 11) is 0. The lowest BCUT2D eigenvalue weighted by Crippen LogP contribution is -2.40. The first-order valence-corrected chi connectivity index (χ1v) is 7.83. The Morgan fingerprint density at radius 3 is 2.53 bits per heavy atom. The molecule has 0 spiro atoms. The molecule has 1 N–H and O–H groups in total. The third-order valence-corrected chi connectivity index (χ3v) is 6.52. The summed E-state index contributed by atoms with van der Waals surface area (Å²) in [4.78, 5) is 0. The van der Waals surface area contributed by atoms with E-state index in [1.807, 2.05) is 0 Å². The fourth-order valence-corrected chi connectivity index (χ4v) is 4.58. The van der Waals surface area contributed by atoms with Crippen molar-refractivity contribution in [3.8, 4) is 0 Å². The van der Waals surface area contributed by atoms with Gasteiger partial charge in [-0.15, -0.1) is 0 Å². The first-order chi connectivity index (χ1) is 8.99. The summed E-state index contributed by atoms with van der Waals surface area (Å²) < 4.78 is 0. The van der Waals surface area contributed by atoms with Gasteiger partial charge in [0.2, 0.25) is 0 Å². The number of para-hydroxylation sites is 1. The maximum absolute atomic E-state index is 3.89. The summed E-state index contributed by atoms with van der Waals surface area (Å²) in [6.45, 7) is 9.72. The van der Waals surface area contributed by atoms with Gasteiger partial charge in [0.1, 0.15) is 0 Å². The smallest absolute Gasteiger partial charge is 0.0374 e.